The summed E-state index contributed by atoms with van der Waals surface area (Å²) in [4.78, 5) is 32.8. The molecule has 0 aliphatic carbocycles. The average molecular weight is 479 g/mol. The minimum absolute atomic E-state index is 0.0538. The third-order valence-corrected chi connectivity index (χ3v) is 6.76. The molecule has 1 aromatic carbocycles. The van der Waals surface area contributed by atoms with Gasteiger partial charge in [0, 0.05) is 33.9 Å². The van der Waals surface area contributed by atoms with Crippen LogP contribution in [0, 0.1) is 22.2 Å². The molecule has 6 nitrogen and oxygen atoms in total. The maximum Gasteiger partial charge on any atom is 0.241 e. The van der Waals surface area contributed by atoms with E-state index in [1.807, 2.05) is 56.0 Å². The van der Waals surface area contributed by atoms with Gasteiger partial charge in [-0.05, 0) is 41.5 Å². The minimum atomic E-state index is -1.62. The molecule has 3 heterocycles. The van der Waals surface area contributed by atoms with Gasteiger partial charge in [-0.25, -0.2) is 0 Å². The molecule has 2 aromatic rings. The van der Waals surface area contributed by atoms with Gasteiger partial charge in [0.25, 0.3) is 0 Å². The Bertz CT molecular complexity index is 1130. The van der Waals surface area contributed by atoms with E-state index in [1.165, 1.54) is 0 Å². The van der Waals surface area contributed by atoms with Crippen molar-refractivity contribution in [3.63, 3.8) is 0 Å². The number of nitrogens with two attached hydrogens (primary N) is 1. The number of hydrogen-bond acceptors (Lipinski definition) is 5. The van der Waals surface area contributed by atoms with Crippen molar-refractivity contribution in [2.45, 2.75) is 38.8 Å². The van der Waals surface area contributed by atoms with Crippen molar-refractivity contribution in [1.29, 1.82) is 5.26 Å². The van der Waals surface area contributed by atoms with E-state index in [0.717, 1.165) is 15.7 Å². The summed E-state index contributed by atoms with van der Waals surface area (Å²) in [5.41, 5.74) is 6.03. The van der Waals surface area contributed by atoms with Gasteiger partial charge in [0.05, 0.1) is 18.2 Å². The highest BCUT2D eigenvalue weighted by atomic mass is 79.9. The van der Waals surface area contributed by atoms with Gasteiger partial charge in [0.15, 0.2) is 11.2 Å². The van der Waals surface area contributed by atoms with Gasteiger partial charge in [-0.3, -0.25) is 14.6 Å². The lowest BCUT2D eigenvalue weighted by Crippen LogP contribution is -2.49. The first kappa shape index (κ1) is 21.3. The first-order valence-electron chi connectivity index (χ1n) is 10.0. The van der Waals surface area contributed by atoms with Gasteiger partial charge in [0.1, 0.15) is 0 Å². The number of carbonyl (C=O) groups is 2. The van der Waals surface area contributed by atoms with Crippen LogP contribution in [-0.2, 0) is 9.59 Å². The largest absolute Gasteiger partial charge is 0.368 e. The van der Waals surface area contributed by atoms with E-state index in [1.54, 1.807) is 24.5 Å². The monoisotopic (exact) mass is 478 g/mol. The molecule has 158 valence electrons. The highest BCUT2D eigenvalue weighted by Crippen LogP contribution is 2.56. The van der Waals surface area contributed by atoms with Crippen LogP contribution in [0.1, 0.15) is 37.8 Å². The maximum atomic E-state index is 13.9. The van der Waals surface area contributed by atoms with E-state index in [4.69, 9.17) is 5.73 Å². The van der Waals surface area contributed by atoms with Gasteiger partial charge in [-0.1, -0.05) is 48.9 Å². The van der Waals surface area contributed by atoms with E-state index in [9.17, 15) is 14.9 Å². The Kier molecular flexibility index (Phi) is 5.01. The lowest BCUT2D eigenvalue weighted by Gasteiger charge is -2.37. The van der Waals surface area contributed by atoms with Gasteiger partial charge >= 0.3 is 0 Å². The minimum Gasteiger partial charge on any atom is -0.368 e. The number of benzene rings is 1. The molecule has 1 saturated heterocycles. The van der Waals surface area contributed by atoms with E-state index < -0.39 is 34.7 Å². The normalized spacial score (nSPS) is 26.7. The zero-order valence-corrected chi connectivity index (χ0v) is 19.1. The summed E-state index contributed by atoms with van der Waals surface area (Å²) >= 11 is 3.49. The van der Waals surface area contributed by atoms with Gasteiger partial charge in [-0.15, -0.1) is 0 Å². The van der Waals surface area contributed by atoms with Crippen molar-refractivity contribution < 1.29 is 9.59 Å². The molecule has 0 saturated carbocycles. The summed E-state index contributed by atoms with van der Waals surface area (Å²) in [5, 5.41) is 10.4. The maximum absolute atomic E-state index is 13.9. The molecule has 0 radical (unpaired) electrons. The van der Waals surface area contributed by atoms with Gasteiger partial charge in [0.2, 0.25) is 5.91 Å². The zero-order valence-electron chi connectivity index (χ0n) is 17.5. The summed E-state index contributed by atoms with van der Waals surface area (Å²) in [7, 11) is 0. The number of halogens is 1. The molecular formula is C24H23BrN4O2. The second-order valence-corrected chi connectivity index (χ2v) is 9.99. The molecular weight excluding hydrogens is 456 g/mol. The van der Waals surface area contributed by atoms with Crippen LogP contribution in [0.4, 0.5) is 5.69 Å². The Morgan fingerprint density at radius 2 is 1.90 bits per heavy atom. The summed E-state index contributed by atoms with van der Waals surface area (Å²) in [6, 6.07) is 10.1. The Morgan fingerprint density at radius 3 is 2.48 bits per heavy atom. The SMILES string of the molecule is CC(C)(C)C(=O)[C@@H]1[C@H](c2ccncc2)[C@@](C#N)(C(N)=O)[C@@H]2C=Cc3cc(Br)ccc3N12. The van der Waals surface area contributed by atoms with Crippen molar-refractivity contribution in [3.05, 3.63) is 64.4 Å². The van der Waals surface area contributed by atoms with E-state index in [-0.39, 0.29) is 5.78 Å². The summed E-state index contributed by atoms with van der Waals surface area (Å²) in [6.07, 6.45) is 6.93. The number of Topliss-reactive ketones (excluding diaryl/α,β-unsaturated/α-hetero) is 1. The first-order chi connectivity index (χ1) is 14.6. The third-order valence-electron chi connectivity index (χ3n) is 6.26. The summed E-state index contributed by atoms with van der Waals surface area (Å²) < 4.78 is 0.902. The van der Waals surface area contributed by atoms with Crippen molar-refractivity contribution in [3.8, 4) is 6.07 Å². The molecule has 1 aromatic heterocycles. The summed E-state index contributed by atoms with van der Waals surface area (Å²) in [6.45, 7) is 5.56. The number of pyridine rings is 1. The molecule has 7 heteroatoms. The van der Waals surface area contributed by atoms with Crippen molar-refractivity contribution in [2.75, 3.05) is 4.90 Å². The number of hydrogen-bond donors (Lipinski definition) is 1. The third kappa shape index (κ3) is 3.09. The zero-order chi connectivity index (χ0) is 22.6. The lowest BCUT2D eigenvalue weighted by atomic mass is 9.66. The standard InChI is InChI=1S/C24H23BrN4O2/c1-23(2,3)21(30)20-19(14-8-10-28-11-9-14)24(13-26,22(27)31)18-7-4-15-12-16(25)5-6-17(15)29(18)20/h4-12,18-20H,1-3H3,(H2,27,31)/t18-,19-,20-,24-/m0/s1. The Hall–Kier alpha value is -2.98. The molecule has 0 spiro atoms. The van der Waals surface area contributed by atoms with Crippen LogP contribution in [0.15, 0.2) is 53.3 Å². The number of ketones is 1. The van der Waals surface area contributed by atoms with E-state index >= 15 is 0 Å². The smallest absolute Gasteiger partial charge is 0.241 e. The molecule has 0 bridgehead atoms. The fraction of sp³-hybridized carbons (Fsp3) is 0.333. The van der Waals surface area contributed by atoms with Gasteiger partial charge < -0.3 is 10.6 Å². The van der Waals surface area contributed by atoms with Crippen molar-refractivity contribution in [1.82, 2.24) is 4.98 Å². The fourth-order valence-electron chi connectivity index (χ4n) is 4.85. The highest BCUT2D eigenvalue weighted by Gasteiger charge is 2.66. The molecule has 31 heavy (non-hydrogen) atoms. The fourth-order valence-corrected chi connectivity index (χ4v) is 5.22. The van der Waals surface area contributed by atoms with Crippen molar-refractivity contribution >= 4 is 39.4 Å². The number of carbonyl (C=O) groups excluding carboxylic acids is 2. The molecule has 2 N–H and O–H groups in total. The number of fused-ring (bicyclic) bond motifs is 3. The molecule has 4 rings (SSSR count). The predicted octanol–water partition coefficient (Wildman–Crippen LogP) is 3.82. The lowest BCUT2D eigenvalue weighted by molar-refractivity contribution is -0.128. The molecule has 4 atom stereocenters. The first-order valence-corrected chi connectivity index (χ1v) is 10.8. The second kappa shape index (κ2) is 7.31. The summed E-state index contributed by atoms with van der Waals surface area (Å²) in [5.74, 6) is -1.53. The van der Waals surface area contributed by atoms with Crippen LogP contribution in [0.5, 0.6) is 0 Å². The molecule has 1 amide bonds. The van der Waals surface area contributed by atoms with Crippen LogP contribution in [0.25, 0.3) is 6.08 Å². The quantitative estimate of drug-likeness (QED) is 0.722. The molecule has 1 fully saturated rings. The van der Waals surface area contributed by atoms with Crippen molar-refractivity contribution in [2.24, 2.45) is 16.6 Å². The second-order valence-electron chi connectivity index (χ2n) is 9.08. The number of nitriles is 1. The Morgan fingerprint density at radius 1 is 1.23 bits per heavy atom. The van der Waals surface area contributed by atoms with Crippen LogP contribution in [0.3, 0.4) is 0 Å². The number of primary amides is 1. The van der Waals surface area contributed by atoms with Crippen LogP contribution < -0.4 is 10.6 Å². The number of rotatable bonds is 3. The molecule has 0 unspecified atom stereocenters. The number of nitrogens with zero attached hydrogens (tertiary/aromatic N) is 3. The Labute approximate surface area is 189 Å². The van der Waals surface area contributed by atoms with E-state index in [2.05, 4.69) is 27.0 Å². The highest BCUT2D eigenvalue weighted by molar-refractivity contribution is 9.10. The number of amides is 1. The molecule has 2 aliphatic heterocycles. The number of anilines is 1. The number of aromatic nitrogens is 1. The van der Waals surface area contributed by atoms with Crippen LogP contribution in [0.2, 0.25) is 0 Å². The molecule has 2 aliphatic rings. The van der Waals surface area contributed by atoms with E-state index in [0.29, 0.717) is 5.56 Å². The average Bonchev–Trinajstić information content (AvgIpc) is 3.04. The predicted molar refractivity (Wildman–Crippen MR) is 122 cm³/mol. The topological polar surface area (TPSA) is 100 Å². The van der Waals surface area contributed by atoms with Gasteiger partial charge in [-0.2, -0.15) is 5.26 Å². The van der Waals surface area contributed by atoms with Crippen LogP contribution >= 0.6 is 15.9 Å². The Balaban J connectivity index is 2.06. The van der Waals surface area contributed by atoms with Crippen LogP contribution in [-0.4, -0.2) is 28.8 Å².